The van der Waals surface area contributed by atoms with E-state index in [9.17, 15) is 24.0 Å². The predicted molar refractivity (Wildman–Crippen MR) is 134 cm³/mol. The molecule has 4 aromatic rings. The molecule has 0 fully saturated rings. The molecule has 0 aliphatic rings. The Hall–Kier alpha value is -4.45. The van der Waals surface area contributed by atoms with Crippen LogP contribution in [0.5, 0.6) is 0 Å². The van der Waals surface area contributed by atoms with E-state index in [2.05, 4.69) is 10.3 Å². The number of aromatic amines is 1. The van der Waals surface area contributed by atoms with Crippen LogP contribution >= 0.6 is 11.3 Å². The number of Topliss-reactive ketones (excluding diaryl/α,β-unsaturated/α-hetero) is 1. The second-order valence-electron chi connectivity index (χ2n) is 8.06. The number of nitrogens with two attached hydrogens (primary N) is 1. The fourth-order valence-corrected chi connectivity index (χ4v) is 4.41. The number of hydrogen-bond acceptors (Lipinski definition) is 8. The Labute approximate surface area is 208 Å². The lowest BCUT2D eigenvalue weighted by molar-refractivity contribution is -0.144. The summed E-state index contributed by atoms with van der Waals surface area (Å²) in [6.45, 7) is -0.796. The third kappa shape index (κ3) is 4.70. The Morgan fingerprint density at radius 1 is 1.11 bits per heavy atom. The molecule has 3 heterocycles. The molecule has 11 nitrogen and oxygen atoms in total. The van der Waals surface area contributed by atoms with Crippen molar-refractivity contribution in [3.63, 3.8) is 0 Å². The summed E-state index contributed by atoms with van der Waals surface area (Å²) in [5, 5.41) is 5.28. The number of ketones is 1. The molecule has 12 heteroatoms. The number of rotatable bonds is 8. The van der Waals surface area contributed by atoms with Crippen LogP contribution in [0.1, 0.15) is 25.6 Å². The first-order valence-electron chi connectivity index (χ1n) is 10.8. The summed E-state index contributed by atoms with van der Waals surface area (Å²) in [5.41, 5.74) is 5.40. The molecule has 186 valence electrons. The van der Waals surface area contributed by atoms with Gasteiger partial charge in [-0.1, -0.05) is 24.3 Å². The lowest BCUT2D eigenvalue weighted by atomic mass is 10.0. The van der Waals surface area contributed by atoms with Crippen molar-refractivity contribution in [2.24, 2.45) is 14.1 Å². The van der Waals surface area contributed by atoms with Crippen LogP contribution in [0.25, 0.3) is 10.9 Å². The van der Waals surface area contributed by atoms with E-state index in [1.54, 1.807) is 23.7 Å². The van der Waals surface area contributed by atoms with Crippen molar-refractivity contribution in [1.29, 1.82) is 0 Å². The summed E-state index contributed by atoms with van der Waals surface area (Å²) >= 11 is 1.21. The van der Waals surface area contributed by atoms with Crippen molar-refractivity contribution in [3.8, 4) is 0 Å². The van der Waals surface area contributed by atoms with Gasteiger partial charge in [-0.25, -0.2) is 9.59 Å². The average molecular weight is 510 g/mol. The SMILES string of the molecule is Cn1c(N)c(C(=O)COC(=O)[C@H](Cc2c[nH]c3ccccc23)NC(=O)c2cccs2)c(=O)n(C)c1=O. The minimum atomic E-state index is -1.12. The molecule has 1 aromatic carbocycles. The highest BCUT2D eigenvalue weighted by Gasteiger charge is 2.27. The van der Waals surface area contributed by atoms with Gasteiger partial charge in [0.25, 0.3) is 11.5 Å². The van der Waals surface area contributed by atoms with Crippen molar-refractivity contribution in [1.82, 2.24) is 19.4 Å². The summed E-state index contributed by atoms with van der Waals surface area (Å²) in [6, 6.07) is 9.70. The van der Waals surface area contributed by atoms with E-state index in [4.69, 9.17) is 10.5 Å². The molecule has 0 saturated heterocycles. The number of anilines is 1. The van der Waals surface area contributed by atoms with Gasteiger partial charge in [0.2, 0.25) is 5.78 Å². The average Bonchev–Trinajstić information content (AvgIpc) is 3.55. The van der Waals surface area contributed by atoms with Gasteiger partial charge in [0.05, 0.1) is 4.88 Å². The van der Waals surface area contributed by atoms with Gasteiger partial charge >= 0.3 is 11.7 Å². The Bertz CT molecular complexity index is 1580. The number of amides is 1. The van der Waals surface area contributed by atoms with Crippen LogP contribution in [0.2, 0.25) is 0 Å². The second-order valence-corrected chi connectivity index (χ2v) is 9.01. The first kappa shape index (κ1) is 24.7. The number of esters is 1. The number of nitrogens with one attached hydrogen (secondary N) is 2. The summed E-state index contributed by atoms with van der Waals surface area (Å²) in [7, 11) is 2.53. The fourth-order valence-electron chi connectivity index (χ4n) is 3.78. The number of carbonyl (C=O) groups excluding carboxylic acids is 3. The third-order valence-corrected chi connectivity index (χ3v) is 6.64. The number of hydrogen-bond donors (Lipinski definition) is 3. The highest BCUT2D eigenvalue weighted by atomic mass is 32.1. The number of aromatic nitrogens is 3. The highest BCUT2D eigenvalue weighted by molar-refractivity contribution is 7.12. The first-order valence-corrected chi connectivity index (χ1v) is 11.7. The maximum atomic E-state index is 13.0. The van der Waals surface area contributed by atoms with E-state index in [0.717, 1.165) is 25.6 Å². The van der Waals surface area contributed by atoms with Gasteiger partial charge in [0.1, 0.15) is 17.4 Å². The Kier molecular flexibility index (Phi) is 6.88. The molecule has 3 aromatic heterocycles. The van der Waals surface area contributed by atoms with Gasteiger partial charge < -0.3 is 20.8 Å². The predicted octanol–water partition coefficient (Wildman–Crippen LogP) is 0.976. The smallest absolute Gasteiger partial charge is 0.332 e. The Morgan fingerprint density at radius 3 is 2.58 bits per heavy atom. The van der Waals surface area contributed by atoms with Crippen LogP contribution in [-0.2, 0) is 30.0 Å². The molecule has 36 heavy (non-hydrogen) atoms. The number of fused-ring (bicyclic) bond motifs is 1. The van der Waals surface area contributed by atoms with Gasteiger partial charge in [-0.3, -0.25) is 23.5 Å². The number of para-hydroxylation sites is 1. The minimum Gasteiger partial charge on any atom is -0.456 e. The van der Waals surface area contributed by atoms with Crippen LogP contribution in [-0.4, -0.2) is 44.4 Å². The molecule has 0 bridgehead atoms. The van der Waals surface area contributed by atoms with Gasteiger partial charge in [-0.05, 0) is 23.1 Å². The molecule has 1 amide bonds. The van der Waals surface area contributed by atoms with E-state index in [-0.39, 0.29) is 12.2 Å². The number of benzene rings is 1. The molecule has 0 unspecified atom stereocenters. The van der Waals surface area contributed by atoms with Crippen LogP contribution in [0, 0.1) is 0 Å². The second kappa shape index (κ2) is 10.0. The molecule has 0 aliphatic carbocycles. The number of H-pyrrole nitrogens is 1. The van der Waals surface area contributed by atoms with Crippen molar-refractivity contribution in [2.75, 3.05) is 12.3 Å². The van der Waals surface area contributed by atoms with Gasteiger partial charge in [0, 0.05) is 37.6 Å². The fraction of sp³-hybridized carbons (Fsp3) is 0.208. The van der Waals surface area contributed by atoms with E-state index in [1.165, 1.54) is 25.4 Å². The number of nitrogens with zero attached hydrogens (tertiary/aromatic N) is 2. The van der Waals surface area contributed by atoms with E-state index in [1.807, 2.05) is 24.3 Å². The summed E-state index contributed by atoms with van der Waals surface area (Å²) < 4.78 is 6.92. The summed E-state index contributed by atoms with van der Waals surface area (Å²) in [4.78, 5) is 66.4. The third-order valence-electron chi connectivity index (χ3n) is 5.77. The molecule has 4 rings (SSSR count). The molecule has 0 aliphatic heterocycles. The number of nitrogen functional groups attached to an aromatic ring is 1. The van der Waals surface area contributed by atoms with E-state index < -0.39 is 47.1 Å². The molecule has 1 atom stereocenters. The molecule has 0 radical (unpaired) electrons. The standard InChI is InChI=1S/C24H23N5O6S/c1-28-20(25)19(22(32)29(2)24(28)34)17(30)12-35-23(33)16(27-21(31)18-8-5-9-36-18)10-13-11-26-15-7-4-3-6-14(13)15/h3-9,11,16,26H,10,12,25H2,1-2H3,(H,27,31)/t16-/m0/s1. The lowest BCUT2D eigenvalue weighted by Crippen LogP contribution is -2.44. The van der Waals surface area contributed by atoms with Crippen LogP contribution in [0.4, 0.5) is 5.82 Å². The lowest BCUT2D eigenvalue weighted by Gasteiger charge is -2.17. The van der Waals surface area contributed by atoms with Gasteiger partial charge in [-0.2, -0.15) is 0 Å². The van der Waals surface area contributed by atoms with Crippen molar-refractivity contribution < 1.29 is 19.1 Å². The van der Waals surface area contributed by atoms with E-state index in [0.29, 0.717) is 4.88 Å². The zero-order chi connectivity index (χ0) is 26.0. The number of carbonyl (C=O) groups is 3. The highest BCUT2D eigenvalue weighted by Crippen LogP contribution is 2.20. The summed E-state index contributed by atoms with van der Waals surface area (Å²) in [6.07, 6.45) is 1.83. The van der Waals surface area contributed by atoms with Gasteiger partial charge in [0.15, 0.2) is 6.61 Å². The summed E-state index contributed by atoms with van der Waals surface area (Å²) in [5.74, 6) is -2.52. The molecule has 4 N–H and O–H groups in total. The van der Waals surface area contributed by atoms with Gasteiger partial charge in [-0.15, -0.1) is 11.3 Å². The maximum Gasteiger partial charge on any atom is 0.332 e. The Balaban J connectivity index is 1.56. The van der Waals surface area contributed by atoms with Crippen molar-refractivity contribution in [3.05, 3.63) is 84.8 Å². The zero-order valence-electron chi connectivity index (χ0n) is 19.4. The molecular weight excluding hydrogens is 486 g/mol. The molecular formula is C24H23N5O6S. The monoisotopic (exact) mass is 509 g/mol. The number of thiophene rings is 1. The van der Waals surface area contributed by atoms with Crippen LogP contribution < -0.4 is 22.3 Å². The number of ether oxygens (including phenoxy) is 1. The maximum absolute atomic E-state index is 13.0. The Morgan fingerprint density at radius 2 is 1.86 bits per heavy atom. The first-order chi connectivity index (χ1) is 17.2. The van der Waals surface area contributed by atoms with Crippen LogP contribution in [0.3, 0.4) is 0 Å². The zero-order valence-corrected chi connectivity index (χ0v) is 20.3. The molecule has 0 saturated carbocycles. The molecule has 0 spiro atoms. The van der Waals surface area contributed by atoms with Crippen molar-refractivity contribution in [2.45, 2.75) is 12.5 Å². The quantitative estimate of drug-likeness (QED) is 0.236. The largest absolute Gasteiger partial charge is 0.456 e. The minimum absolute atomic E-state index is 0.0951. The van der Waals surface area contributed by atoms with E-state index >= 15 is 0 Å². The topological polar surface area (TPSA) is 158 Å². The van der Waals surface area contributed by atoms with Crippen molar-refractivity contribution >= 4 is 45.7 Å². The normalized spacial score (nSPS) is 11.8. The van der Waals surface area contributed by atoms with Crippen LogP contribution in [0.15, 0.2) is 57.6 Å².